The SMILES string of the molecule is C[C@H]1CN(c2ccc(C(F)(F)F)c(CO)c2)C(=O)c2ccnn21.S. The number of carbonyl (C=O) groups excluding carboxylic acids is 1. The predicted octanol–water partition coefficient (Wildman–Crippen LogP) is 2.73. The second-order valence-corrected chi connectivity index (χ2v) is 5.42. The van der Waals surface area contributed by atoms with Crippen LogP contribution in [0.3, 0.4) is 0 Å². The topological polar surface area (TPSA) is 58.4 Å². The Morgan fingerprint density at radius 2 is 2.04 bits per heavy atom. The van der Waals surface area contributed by atoms with Crippen LogP contribution < -0.4 is 4.90 Å². The summed E-state index contributed by atoms with van der Waals surface area (Å²) in [6.07, 6.45) is -3.03. The van der Waals surface area contributed by atoms with E-state index in [2.05, 4.69) is 5.10 Å². The maximum Gasteiger partial charge on any atom is 0.416 e. The number of carbonyl (C=O) groups is 1. The van der Waals surface area contributed by atoms with E-state index in [1.165, 1.54) is 23.2 Å². The average Bonchev–Trinajstić information content (AvgIpc) is 2.99. The number of rotatable bonds is 2. The van der Waals surface area contributed by atoms with Crippen LogP contribution in [0.2, 0.25) is 0 Å². The lowest BCUT2D eigenvalue weighted by molar-refractivity contribution is -0.138. The van der Waals surface area contributed by atoms with Gasteiger partial charge >= 0.3 is 6.18 Å². The lowest BCUT2D eigenvalue weighted by atomic mass is 10.0. The summed E-state index contributed by atoms with van der Waals surface area (Å²) < 4.78 is 40.3. The minimum atomic E-state index is -4.55. The van der Waals surface area contributed by atoms with Crippen molar-refractivity contribution < 1.29 is 23.1 Å². The van der Waals surface area contributed by atoms with Crippen molar-refractivity contribution in [2.75, 3.05) is 11.4 Å². The Morgan fingerprint density at radius 1 is 1.33 bits per heavy atom. The fraction of sp³-hybridized carbons (Fsp3) is 0.333. The van der Waals surface area contributed by atoms with Crippen LogP contribution in [0.15, 0.2) is 30.5 Å². The van der Waals surface area contributed by atoms with Crippen molar-refractivity contribution in [1.82, 2.24) is 9.78 Å². The fourth-order valence-corrected chi connectivity index (χ4v) is 2.78. The maximum atomic E-state index is 12.9. The number of aromatic nitrogens is 2. The van der Waals surface area contributed by atoms with Gasteiger partial charge in [-0.1, -0.05) is 0 Å². The summed E-state index contributed by atoms with van der Waals surface area (Å²) in [5.74, 6) is -0.329. The molecule has 1 aromatic heterocycles. The van der Waals surface area contributed by atoms with Crippen LogP contribution in [0, 0.1) is 0 Å². The van der Waals surface area contributed by atoms with Gasteiger partial charge in [0.1, 0.15) is 5.69 Å². The van der Waals surface area contributed by atoms with Crippen molar-refractivity contribution >= 4 is 25.1 Å². The van der Waals surface area contributed by atoms with Crippen LogP contribution >= 0.6 is 13.5 Å². The number of nitrogens with zero attached hydrogens (tertiary/aromatic N) is 3. The van der Waals surface area contributed by atoms with Crippen LogP contribution in [-0.2, 0) is 12.8 Å². The Bertz CT molecular complexity index is 761. The van der Waals surface area contributed by atoms with E-state index in [-0.39, 0.29) is 31.0 Å². The number of hydrogen-bond acceptors (Lipinski definition) is 3. The Balaban J connectivity index is 0.00000208. The molecule has 0 spiro atoms. The number of alkyl halides is 3. The van der Waals surface area contributed by atoms with Crippen LogP contribution in [0.1, 0.15) is 34.6 Å². The molecule has 2 heterocycles. The maximum absolute atomic E-state index is 12.9. The minimum Gasteiger partial charge on any atom is -0.392 e. The third-order valence-corrected chi connectivity index (χ3v) is 3.88. The van der Waals surface area contributed by atoms with Gasteiger partial charge in [0.15, 0.2) is 0 Å². The van der Waals surface area contributed by atoms with E-state index in [9.17, 15) is 23.1 Å². The molecule has 1 aliphatic heterocycles. The van der Waals surface area contributed by atoms with Gasteiger partial charge in [0.2, 0.25) is 0 Å². The number of halogens is 3. The summed E-state index contributed by atoms with van der Waals surface area (Å²) in [7, 11) is 0. The summed E-state index contributed by atoms with van der Waals surface area (Å²) in [6, 6.07) is 4.82. The summed E-state index contributed by atoms with van der Waals surface area (Å²) in [5.41, 5.74) is -0.443. The molecule has 0 aliphatic carbocycles. The zero-order valence-corrected chi connectivity index (χ0v) is 13.7. The van der Waals surface area contributed by atoms with Crippen molar-refractivity contribution in [3.05, 3.63) is 47.3 Å². The number of aliphatic hydroxyl groups excluding tert-OH is 1. The monoisotopic (exact) mass is 359 g/mol. The van der Waals surface area contributed by atoms with Gasteiger partial charge < -0.3 is 10.0 Å². The van der Waals surface area contributed by atoms with Gasteiger partial charge in [0.05, 0.1) is 18.2 Å². The van der Waals surface area contributed by atoms with E-state index in [0.29, 0.717) is 17.9 Å². The van der Waals surface area contributed by atoms with Gasteiger partial charge in [-0.3, -0.25) is 9.48 Å². The molecule has 5 nitrogen and oxygen atoms in total. The highest BCUT2D eigenvalue weighted by Gasteiger charge is 2.35. The van der Waals surface area contributed by atoms with E-state index < -0.39 is 18.3 Å². The molecule has 0 unspecified atom stereocenters. The van der Waals surface area contributed by atoms with Gasteiger partial charge in [-0.05, 0) is 36.8 Å². The van der Waals surface area contributed by atoms with Gasteiger partial charge in [0, 0.05) is 18.4 Å². The molecular weight excluding hydrogens is 343 g/mol. The number of aliphatic hydroxyl groups is 1. The third kappa shape index (κ3) is 3.01. The highest BCUT2D eigenvalue weighted by molar-refractivity contribution is 7.59. The Labute approximate surface area is 143 Å². The van der Waals surface area contributed by atoms with E-state index in [1.54, 1.807) is 10.7 Å². The number of benzene rings is 1. The van der Waals surface area contributed by atoms with Crippen molar-refractivity contribution in [3.63, 3.8) is 0 Å². The summed E-state index contributed by atoms with van der Waals surface area (Å²) >= 11 is 0. The van der Waals surface area contributed by atoms with Gasteiger partial charge in [-0.15, -0.1) is 0 Å². The van der Waals surface area contributed by atoms with Gasteiger partial charge in [-0.2, -0.15) is 31.8 Å². The lowest BCUT2D eigenvalue weighted by Gasteiger charge is -2.32. The zero-order chi connectivity index (χ0) is 16.8. The average molecular weight is 359 g/mol. The second-order valence-electron chi connectivity index (χ2n) is 5.42. The molecule has 9 heteroatoms. The molecule has 1 N–H and O–H groups in total. The quantitative estimate of drug-likeness (QED) is 0.897. The number of anilines is 1. The molecule has 130 valence electrons. The molecular formula is C15H16F3N3O2S. The normalized spacial score (nSPS) is 17.5. The first-order valence-corrected chi connectivity index (χ1v) is 6.99. The second kappa shape index (κ2) is 6.48. The highest BCUT2D eigenvalue weighted by atomic mass is 32.1. The lowest BCUT2D eigenvalue weighted by Crippen LogP contribution is -2.42. The molecule has 1 aromatic carbocycles. The van der Waals surface area contributed by atoms with E-state index in [0.717, 1.165) is 6.07 Å². The molecule has 0 fully saturated rings. The minimum absolute atomic E-state index is 0. The third-order valence-electron chi connectivity index (χ3n) is 3.88. The Morgan fingerprint density at radius 3 is 2.67 bits per heavy atom. The Kier molecular flexibility index (Phi) is 4.95. The summed E-state index contributed by atoms with van der Waals surface area (Å²) in [4.78, 5) is 13.9. The molecule has 1 amide bonds. The number of fused-ring (bicyclic) bond motifs is 1. The molecule has 2 aromatic rings. The molecule has 0 saturated heterocycles. The fourth-order valence-electron chi connectivity index (χ4n) is 2.78. The molecule has 24 heavy (non-hydrogen) atoms. The highest BCUT2D eigenvalue weighted by Crippen LogP contribution is 2.35. The Hall–Kier alpha value is -2.00. The zero-order valence-electron chi connectivity index (χ0n) is 12.7. The summed E-state index contributed by atoms with van der Waals surface area (Å²) in [6.45, 7) is 1.41. The first-order chi connectivity index (χ1) is 10.8. The number of amides is 1. The molecule has 0 radical (unpaired) electrons. The molecule has 3 rings (SSSR count). The molecule has 0 saturated carbocycles. The first-order valence-electron chi connectivity index (χ1n) is 6.99. The van der Waals surface area contributed by atoms with Crippen LogP contribution in [0.25, 0.3) is 0 Å². The van der Waals surface area contributed by atoms with Crippen molar-refractivity contribution in [1.29, 1.82) is 0 Å². The first kappa shape index (κ1) is 18.3. The van der Waals surface area contributed by atoms with Crippen molar-refractivity contribution in [3.8, 4) is 0 Å². The number of hydrogen-bond donors (Lipinski definition) is 1. The predicted molar refractivity (Wildman–Crippen MR) is 86.4 cm³/mol. The van der Waals surface area contributed by atoms with Crippen molar-refractivity contribution in [2.24, 2.45) is 0 Å². The van der Waals surface area contributed by atoms with Gasteiger partial charge in [-0.25, -0.2) is 0 Å². The van der Waals surface area contributed by atoms with Gasteiger partial charge in [0.25, 0.3) is 5.91 Å². The van der Waals surface area contributed by atoms with E-state index in [1.807, 2.05) is 6.92 Å². The smallest absolute Gasteiger partial charge is 0.392 e. The largest absolute Gasteiger partial charge is 0.416 e. The van der Waals surface area contributed by atoms with E-state index in [4.69, 9.17) is 0 Å². The molecule has 0 bridgehead atoms. The van der Waals surface area contributed by atoms with Crippen LogP contribution in [-0.4, -0.2) is 27.3 Å². The van der Waals surface area contributed by atoms with Crippen LogP contribution in [0.5, 0.6) is 0 Å². The molecule has 1 atom stereocenters. The summed E-state index contributed by atoms with van der Waals surface area (Å²) in [5, 5.41) is 13.3. The molecule has 1 aliphatic rings. The van der Waals surface area contributed by atoms with E-state index >= 15 is 0 Å². The standard InChI is InChI=1S/C15H14F3N3O2.H2S/c1-9-7-20(14(23)13-4-5-19-21(9)13)11-2-3-12(15(16,17)18)10(6-11)8-22;/h2-6,9,22H,7-8H2,1H3;1H2/t9-;/m0./s1. The van der Waals surface area contributed by atoms with Crippen molar-refractivity contribution in [2.45, 2.75) is 25.7 Å². The van der Waals surface area contributed by atoms with Crippen LogP contribution in [0.4, 0.5) is 18.9 Å².